The van der Waals surface area contributed by atoms with Crippen molar-refractivity contribution in [3.05, 3.63) is 50.2 Å². The first-order valence-corrected chi connectivity index (χ1v) is 5.76. The van der Waals surface area contributed by atoms with Crippen molar-refractivity contribution in [1.82, 2.24) is 4.98 Å². The van der Waals surface area contributed by atoms with E-state index in [0.717, 1.165) is 0 Å². The molecule has 0 unspecified atom stereocenters. The van der Waals surface area contributed by atoms with E-state index in [4.69, 9.17) is 0 Å². The molecule has 1 N–H and O–H groups in total. The molecule has 0 atom stereocenters. The van der Waals surface area contributed by atoms with Gasteiger partial charge in [0.25, 0.3) is 5.69 Å². The Kier molecular flexibility index (Phi) is 3.23. The number of halogens is 1. The average molecular weight is 342 g/mol. The summed E-state index contributed by atoms with van der Waals surface area (Å²) in [6.07, 6.45) is 1.18. The lowest BCUT2D eigenvalue weighted by molar-refractivity contribution is -0.385. The number of hydrogen-bond acceptors (Lipinski definition) is 4. The van der Waals surface area contributed by atoms with Gasteiger partial charge in [-0.2, -0.15) is 0 Å². The summed E-state index contributed by atoms with van der Waals surface area (Å²) < 4.78 is 0.623. The number of para-hydroxylation sites is 1. The summed E-state index contributed by atoms with van der Waals surface area (Å²) in [7, 11) is 0. The molecule has 5 nitrogen and oxygen atoms in total. The second kappa shape index (κ2) is 4.66. The Morgan fingerprint density at radius 3 is 2.65 bits per heavy atom. The Morgan fingerprint density at radius 2 is 2.06 bits per heavy atom. The van der Waals surface area contributed by atoms with Crippen molar-refractivity contribution in [3.63, 3.8) is 0 Å². The van der Waals surface area contributed by atoms with Gasteiger partial charge in [-0.05, 0) is 34.7 Å². The molecule has 0 bridgehead atoms. The summed E-state index contributed by atoms with van der Waals surface area (Å²) in [5.41, 5.74) is 1.04. The Morgan fingerprint density at radius 1 is 1.35 bits per heavy atom. The number of aromatic hydroxyl groups is 1. The van der Waals surface area contributed by atoms with Crippen LogP contribution in [0.3, 0.4) is 0 Å². The second-order valence-corrected chi connectivity index (χ2v) is 4.46. The highest BCUT2D eigenvalue weighted by atomic mass is 127. The lowest BCUT2D eigenvalue weighted by Gasteiger charge is -2.05. The quantitative estimate of drug-likeness (QED) is 0.517. The molecular weight excluding hydrogens is 335 g/mol. The van der Waals surface area contributed by atoms with Crippen LogP contribution >= 0.6 is 22.6 Å². The van der Waals surface area contributed by atoms with Gasteiger partial charge in [0.2, 0.25) is 0 Å². The smallest absolute Gasteiger partial charge is 0.288 e. The highest BCUT2D eigenvalue weighted by molar-refractivity contribution is 14.1. The topological polar surface area (TPSA) is 76.3 Å². The molecule has 0 aliphatic heterocycles. The molecule has 86 valence electrons. The Balaban J connectivity index is 2.55. The fraction of sp³-hybridized carbons (Fsp3) is 0. The number of nitrogens with zero attached hydrogens (tertiary/aromatic N) is 2. The lowest BCUT2D eigenvalue weighted by atomic mass is 10.1. The molecular formula is C11H7IN2O3. The fourth-order valence-corrected chi connectivity index (χ4v) is 2.15. The maximum Gasteiger partial charge on any atom is 0.288 e. The first-order chi connectivity index (χ1) is 8.09. The van der Waals surface area contributed by atoms with Crippen LogP contribution in [0, 0.1) is 13.7 Å². The number of phenols is 1. The van der Waals surface area contributed by atoms with Crippen LogP contribution in [0.4, 0.5) is 5.69 Å². The minimum absolute atomic E-state index is 0.0615. The van der Waals surface area contributed by atoms with Crippen LogP contribution in [0.1, 0.15) is 0 Å². The summed E-state index contributed by atoms with van der Waals surface area (Å²) in [5, 5.41) is 20.3. The van der Waals surface area contributed by atoms with Crippen molar-refractivity contribution < 1.29 is 10.0 Å². The molecule has 1 aromatic carbocycles. The maximum absolute atomic E-state index is 10.6. The van der Waals surface area contributed by atoms with Crippen LogP contribution in [0.25, 0.3) is 11.3 Å². The summed E-state index contributed by atoms with van der Waals surface area (Å²) >= 11 is 1.96. The normalized spacial score (nSPS) is 10.2. The van der Waals surface area contributed by atoms with Crippen LogP contribution in [0.15, 0.2) is 36.5 Å². The number of phenolic OH excluding ortho intramolecular Hbond substituents is 1. The van der Waals surface area contributed by atoms with Crippen molar-refractivity contribution in [2.75, 3.05) is 0 Å². The van der Waals surface area contributed by atoms with Gasteiger partial charge in [0, 0.05) is 15.2 Å². The number of hydrogen-bond donors (Lipinski definition) is 1. The zero-order valence-corrected chi connectivity index (χ0v) is 10.7. The molecule has 0 spiro atoms. The molecule has 0 aliphatic rings. The van der Waals surface area contributed by atoms with E-state index in [0.29, 0.717) is 14.8 Å². The van der Waals surface area contributed by atoms with Gasteiger partial charge in [0.05, 0.1) is 10.6 Å². The van der Waals surface area contributed by atoms with E-state index in [2.05, 4.69) is 4.98 Å². The van der Waals surface area contributed by atoms with E-state index in [1.807, 2.05) is 22.6 Å². The first kappa shape index (κ1) is 11.8. The minimum atomic E-state index is -0.496. The highest BCUT2D eigenvalue weighted by Gasteiger charge is 2.13. The fourth-order valence-electron chi connectivity index (χ4n) is 1.40. The predicted octanol–water partition coefficient (Wildman–Crippen LogP) is 2.97. The standard InChI is InChI=1S/C11H7IN2O3/c12-9-5-7(14(16)17)6-13-11(9)8-3-1-2-4-10(8)15/h1-6,15H. The van der Waals surface area contributed by atoms with Gasteiger partial charge in [0.15, 0.2) is 0 Å². The SMILES string of the molecule is O=[N+]([O-])c1cnc(-c2ccccc2O)c(I)c1. The van der Waals surface area contributed by atoms with Crippen LogP contribution in [-0.2, 0) is 0 Å². The average Bonchev–Trinajstić information content (AvgIpc) is 2.30. The van der Waals surface area contributed by atoms with Crippen LogP contribution in [-0.4, -0.2) is 15.0 Å². The van der Waals surface area contributed by atoms with E-state index < -0.39 is 4.92 Å². The molecule has 0 saturated heterocycles. The second-order valence-electron chi connectivity index (χ2n) is 3.30. The van der Waals surface area contributed by atoms with Crippen molar-refractivity contribution in [1.29, 1.82) is 0 Å². The summed E-state index contributed by atoms with van der Waals surface area (Å²) in [6, 6.07) is 8.17. The van der Waals surface area contributed by atoms with Crippen molar-refractivity contribution in [2.45, 2.75) is 0 Å². The van der Waals surface area contributed by atoms with Gasteiger partial charge in [0.1, 0.15) is 11.9 Å². The van der Waals surface area contributed by atoms with Gasteiger partial charge in [-0.1, -0.05) is 12.1 Å². The third-order valence-corrected chi connectivity index (χ3v) is 3.02. The molecule has 2 aromatic rings. The van der Waals surface area contributed by atoms with Crippen molar-refractivity contribution in [2.24, 2.45) is 0 Å². The van der Waals surface area contributed by atoms with Gasteiger partial charge in [-0.25, -0.2) is 4.98 Å². The number of benzene rings is 1. The van der Waals surface area contributed by atoms with Gasteiger partial charge >= 0.3 is 0 Å². The monoisotopic (exact) mass is 342 g/mol. The van der Waals surface area contributed by atoms with Crippen molar-refractivity contribution in [3.8, 4) is 17.0 Å². The zero-order chi connectivity index (χ0) is 12.4. The Labute approximate surface area is 110 Å². The highest BCUT2D eigenvalue weighted by Crippen LogP contribution is 2.31. The van der Waals surface area contributed by atoms with Crippen LogP contribution in [0.5, 0.6) is 5.75 Å². The summed E-state index contributed by atoms with van der Waals surface area (Å²) in [5.74, 6) is 0.103. The molecule has 0 aliphatic carbocycles. The minimum Gasteiger partial charge on any atom is -0.507 e. The summed E-state index contributed by atoms with van der Waals surface area (Å²) in [6.45, 7) is 0. The van der Waals surface area contributed by atoms with Crippen LogP contribution in [0.2, 0.25) is 0 Å². The van der Waals surface area contributed by atoms with E-state index >= 15 is 0 Å². The number of pyridine rings is 1. The predicted molar refractivity (Wildman–Crippen MR) is 70.7 cm³/mol. The van der Waals surface area contributed by atoms with E-state index in [9.17, 15) is 15.2 Å². The third-order valence-electron chi connectivity index (χ3n) is 2.20. The molecule has 2 rings (SSSR count). The molecule has 6 heteroatoms. The Bertz CT molecular complexity index is 587. The third kappa shape index (κ3) is 2.36. The number of rotatable bonds is 2. The van der Waals surface area contributed by atoms with E-state index in [1.165, 1.54) is 12.3 Å². The molecule has 0 amide bonds. The molecule has 0 fully saturated rings. The van der Waals surface area contributed by atoms with Crippen LogP contribution < -0.4 is 0 Å². The summed E-state index contributed by atoms with van der Waals surface area (Å²) in [4.78, 5) is 14.1. The zero-order valence-electron chi connectivity index (χ0n) is 8.50. The number of aromatic nitrogens is 1. The molecule has 1 heterocycles. The van der Waals surface area contributed by atoms with Crippen molar-refractivity contribution >= 4 is 28.3 Å². The van der Waals surface area contributed by atoms with Gasteiger partial charge in [-0.15, -0.1) is 0 Å². The molecule has 17 heavy (non-hydrogen) atoms. The molecule has 0 radical (unpaired) electrons. The molecule has 0 saturated carbocycles. The van der Waals surface area contributed by atoms with E-state index in [1.54, 1.807) is 24.3 Å². The van der Waals surface area contributed by atoms with Gasteiger partial charge in [-0.3, -0.25) is 10.1 Å². The first-order valence-electron chi connectivity index (χ1n) is 4.68. The molecule has 1 aromatic heterocycles. The Hall–Kier alpha value is -1.70. The van der Waals surface area contributed by atoms with Gasteiger partial charge < -0.3 is 5.11 Å². The maximum atomic E-state index is 10.6. The van der Waals surface area contributed by atoms with E-state index in [-0.39, 0.29) is 11.4 Å². The number of nitro groups is 1. The lowest BCUT2D eigenvalue weighted by Crippen LogP contribution is -1.93. The largest absolute Gasteiger partial charge is 0.507 e.